The molecule has 2 aromatic rings. The van der Waals surface area contributed by atoms with E-state index < -0.39 is 0 Å². The third kappa shape index (κ3) is 2.94. The Bertz CT molecular complexity index is 471. The highest BCUT2D eigenvalue weighted by Crippen LogP contribution is 2.14. The van der Waals surface area contributed by atoms with Crippen molar-refractivity contribution in [3.8, 4) is 5.88 Å². The lowest BCUT2D eigenvalue weighted by molar-refractivity contribution is 0.290. The number of halogens is 1. The molecule has 0 fully saturated rings. The van der Waals surface area contributed by atoms with Crippen molar-refractivity contribution in [2.24, 2.45) is 0 Å². The highest BCUT2D eigenvalue weighted by Gasteiger charge is 1.98. The van der Waals surface area contributed by atoms with Crippen molar-refractivity contribution >= 4 is 11.6 Å². The largest absolute Gasteiger partial charge is 0.472 e. The lowest BCUT2D eigenvalue weighted by Gasteiger charge is -2.04. The first-order chi connectivity index (χ1) is 7.74. The maximum atomic E-state index is 5.76. The standard InChI is InChI=1S/C12H11ClN2O/c1-9-2-4-10(5-3-9)8-16-12-6-11(13)7-14-15-12/h2-7H,8H2,1H3. The van der Waals surface area contributed by atoms with Crippen LogP contribution in [0.4, 0.5) is 0 Å². The monoisotopic (exact) mass is 234 g/mol. The zero-order chi connectivity index (χ0) is 11.4. The van der Waals surface area contributed by atoms with Gasteiger partial charge in [0.1, 0.15) is 6.61 Å². The van der Waals surface area contributed by atoms with E-state index in [9.17, 15) is 0 Å². The van der Waals surface area contributed by atoms with Gasteiger partial charge in [-0.3, -0.25) is 0 Å². The summed E-state index contributed by atoms with van der Waals surface area (Å²) in [6, 6.07) is 9.77. The van der Waals surface area contributed by atoms with Crippen LogP contribution in [0.2, 0.25) is 5.02 Å². The lowest BCUT2D eigenvalue weighted by Crippen LogP contribution is -1.98. The van der Waals surface area contributed by atoms with Crippen LogP contribution in [0.25, 0.3) is 0 Å². The van der Waals surface area contributed by atoms with E-state index in [0.717, 1.165) is 5.56 Å². The van der Waals surface area contributed by atoms with Gasteiger partial charge >= 0.3 is 0 Å². The van der Waals surface area contributed by atoms with E-state index in [4.69, 9.17) is 16.3 Å². The molecule has 0 amide bonds. The second kappa shape index (κ2) is 4.94. The summed E-state index contributed by atoms with van der Waals surface area (Å²) in [5.41, 5.74) is 2.32. The van der Waals surface area contributed by atoms with Crippen molar-refractivity contribution in [1.82, 2.24) is 10.2 Å². The van der Waals surface area contributed by atoms with Crippen molar-refractivity contribution in [3.05, 3.63) is 52.7 Å². The van der Waals surface area contributed by atoms with Gasteiger partial charge in [0.25, 0.3) is 0 Å². The molecule has 2 rings (SSSR count). The first-order valence-corrected chi connectivity index (χ1v) is 5.28. The number of ether oxygens (including phenoxy) is 1. The zero-order valence-corrected chi connectivity index (χ0v) is 9.61. The Hall–Kier alpha value is -1.61. The Balaban J connectivity index is 1.99. The predicted molar refractivity (Wildman–Crippen MR) is 62.6 cm³/mol. The maximum Gasteiger partial charge on any atom is 0.235 e. The van der Waals surface area contributed by atoms with Gasteiger partial charge in [-0.25, -0.2) is 0 Å². The number of rotatable bonds is 3. The molecule has 0 aliphatic carbocycles. The van der Waals surface area contributed by atoms with E-state index in [-0.39, 0.29) is 0 Å². The first-order valence-electron chi connectivity index (χ1n) is 4.90. The highest BCUT2D eigenvalue weighted by atomic mass is 35.5. The topological polar surface area (TPSA) is 35.0 Å². The highest BCUT2D eigenvalue weighted by molar-refractivity contribution is 6.30. The van der Waals surface area contributed by atoms with Crippen LogP contribution in [0.15, 0.2) is 36.5 Å². The third-order valence-corrected chi connectivity index (χ3v) is 2.31. The Labute approximate surface area is 99.0 Å². The van der Waals surface area contributed by atoms with E-state index in [2.05, 4.69) is 10.2 Å². The van der Waals surface area contributed by atoms with Gasteiger partial charge in [-0.15, -0.1) is 5.10 Å². The predicted octanol–water partition coefficient (Wildman–Crippen LogP) is 3.02. The van der Waals surface area contributed by atoms with Crippen molar-refractivity contribution in [2.45, 2.75) is 13.5 Å². The minimum Gasteiger partial charge on any atom is -0.472 e. The molecular formula is C12H11ClN2O. The molecule has 0 unspecified atom stereocenters. The molecule has 0 radical (unpaired) electrons. The van der Waals surface area contributed by atoms with Crippen LogP contribution in [0.3, 0.4) is 0 Å². The van der Waals surface area contributed by atoms with Crippen LogP contribution in [-0.4, -0.2) is 10.2 Å². The first kappa shape index (κ1) is 10.9. The molecular weight excluding hydrogens is 224 g/mol. The molecule has 1 heterocycles. The molecule has 0 saturated carbocycles. The van der Waals surface area contributed by atoms with Crippen LogP contribution >= 0.6 is 11.6 Å². The van der Waals surface area contributed by atoms with Crippen molar-refractivity contribution in [2.75, 3.05) is 0 Å². The van der Waals surface area contributed by atoms with E-state index >= 15 is 0 Å². The Morgan fingerprint density at radius 2 is 2.00 bits per heavy atom. The molecule has 0 spiro atoms. The number of aryl methyl sites for hydroxylation is 1. The van der Waals surface area contributed by atoms with Gasteiger partial charge in [-0.2, -0.15) is 5.10 Å². The molecule has 0 saturated heterocycles. The molecule has 0 N–H and O–H groups in total. The minimum absolute atomic E-state index is 0.438. The number of nitrogens with zero attached hydrogens (tertiary/aromatic N) is 2. The molecule has 82 valence electrons. The summed E-state index contributed by atoms with van der Waals surface area (Å²) in [5, 5.41) is 8.04. The molecule has 16 heavy (non-hydrogen) atoms. The number of benzene rings is 1. The average Bonchev–Trinajstić information content (AvgIpc) is 2.28. The summed E-state index contributed by atoms with van der Waals surface area (Å²) in [6.07, 6.45) is 1.47. The van der Waals surface area contributed by atoms with Crippen LogP contribution in [0, 0.1) is 6.92 Å². The molecule has 3 nitrogen and oxygen atoms in total. The summed E-state index contributed by atoms with van der Waals surface area (Å²) in [7, 11) is 0. The van der Waals surface area contributed by atoms with E-state index in [1.165, 1.54) is 11.8 Å². The number of hydrogen-bond acceptors (Lipinski definition) is 3. The van der Waals surface area contributed by atoms with Crippen molar-refractivity contribution in [3.63, 3.8) is 0 Å². The molecule has 4 heteroatoms. The molecule has 0 aliphatic rings. The number of hydrogen-bond donors (Lipinski definition) is 0. The van der Waals surface area contributed by atoms with Gasteiger partial charge in [0.05, 0.1) is 11.2 Å². The molecule has 1 aromatic heterocycles. The van der Waals surface area contributed by atoms with Crippen LogP contribution in [0.5, 0.6) is 5.88 Å². The van der Waals surface area contributed by atoms with Gasteiger partial charge < -0.3 is 4.74 Å². The summed E-state index contributed by atoms with van der Waals surface area (Å²) >= 11 is 5.76. The van der Waals surface area contributed by atoms with Crippen LogP contribution < -0.4 is 4.74 Å². The Morgan fingerprint density at radius 1 is 1.25 bits per heavy atom. The van der Waals surface area contributed by atoms with Gasteiger partial charge in [0.15, 0.2) is 0 Å². The SMILES string of the molecule is Cc1ccc(COc2cc(Cl)cnn2)cc1. The molecule has 0 atom stereocenters. The van der Waals surface area contributed by atoms with Crippen LogP contribution in [0.1, 0.15) is 11.1 Å². The number of aromatic nitrogens is 2. The van der Waals surface area contributed by atoms with Crippen LogP contribution in [-0.2, 0) is 6.61 Å². The fourth-order valence-electron chi connectivity index (χ4n) is 1.24. The van der Waals surface area contributed by atoms with Gasteiger partial charge in [0, 0.05) is 6.07 Å². The molecule has 1 aromatic carbocycles. The second-order valence-electron chi connectivity index (χ2n) is 3.49. The smallest absolute Gasteiger partial charge is 0.235 e. The Morgan fingerprint density at radius 3 is 2.69 bits per heavy atom. The Kier molecular flexibility index (Phi) is 3.37. The second-order valence-corrected chi connectivity index (χ2v) is 3.92. The molecule has 0 aliphatic heterocycles. The lowest BCUT2D eigenvalue weighted by atomic mass is 10.2. The fraction of sp³-hybridized carbons (Fsp3) is 0.167. The fourth-order valence-corrected chi connectivity index (χ4v) is 1.37. The van der Waals surface area contributed by atoms with Crippen molar-refractivity contribution in [1.29, 1.82) is 0 Å². The quantitative estimate of drug-likeness (QED) is 0.819. The maximum absolute atomic E-state index is 5.76. The average molecular weight is 235 g/mol. The van der Waals surface area contributed by atoms with Crippen molar-refractivity contribution < 1.29 is 4.74 Å². The molecule has 0 bridgehead atoms. The van der Waals surface area contributed by atoms with Gasteiger partial charge in [-0.1, -0.05) is 41.4 Å². The summed E-state index contributed by atoms with van der Waals surface area (Å²) in [6.45, 7) is 2.52. The van der Waals surface area contributed by atoms with Gasteiger partial charge in [0.2, 0.25) is 5.88 Å². The normalized spacial score (nSPS) is 10.1. The van der Waals surface area contributed by atoms with E-state index in [1.54, 1.807) is 6.07 Å². The summed E-state index contributed by atoms with van der Waals surface area (Å²) in [5.74, 6) is 0.438. The van der Waals surface area contributed by atoms with E-state index in [0.29, 0.717) is 17.5 Å². The zero-order valence-electron chi connectivity index (χ0n) is 8.85. The van der Waals surface area contributed by atoms with E-state index in [1.807, 2.05) is 31.2 Å². The van der Waals surface area contributed by atoms with Gasteiger partial charge in [-0.05, 0) is 12.5 Å². The summed E-state index contributed by atoms with van der Waals surface area (Å²) in [4.78, 5) is 0. The minimum atomic E-state index is 0.438. The summed E-state index contributed by atoms with van der Waals surface area (Å²) < 4.78 is 5.45. The third-order valence-electron chi connectivity index (χ3n) is 2.11.